The van der Waals surface area contributed by atoms with Gasteiger partial charge in [0.1, 0.15) is 17.9 Å². The first-order valence-corrected chi connectivity index (χ1v) is 8.88. The number of hydrogen-bond acceptors (Lipinski definition) is 4. The van der Waals surface area contributed by atoms with Crippen LogP contribution in [0.1, 0.15) is 46.8 Å². The molecule has 0 aliphatic carbocycles. The van der Waals surface area contributed by atoms with E-state index in [9.17, 15) is 4.79 Å². The number of aliphatic imine (C=N–C) groups is 1. The Bertz CT molecular complexity index is 521. The summed E-state index contributed by atoms with van der Waals surface area (Å²) in [6.45, 7) is 12.7. The highest BCUT2D eigenvalue weighted by Crippen LogP contribution is 2.10. The fourth-order valence-corrected chi connectivity index (χ4v) is 2.10. The molecule has 0 radical (unpaired) electrons. The van der Waals surface area contributed by atoms with Crippen molar-refractivity contribution in [2.75, 3.05) is 26.2 Å². The molecule has 0 aliphatic rings. The summed E-state index contributed by atoms with van der Waals surface area (Å²) < 4.78 is 10.7. The molecule has 7 heteroatoms. The third kappa shape index (κ3) is 9.02. The zero-order valence-electron chi connectivity index (χ0n) is 16.1. The monoisotopic (exact) mass is 352 g/mol. The molecule has 1 heterocycles. The lowest BCUT2D eigenvalue weighted by atomic mass is 10.2. The second-order valence-electron chi connectivity index (χ2n) is 6.67. The van der Waals surface area contributed by atoms with Gasteiger partial charge in [-0.1, -0.05) is 6.92 Å². The first kappa shape index (κ1) is 20.9. The molecule has 1 aromatic rings. The lowest BCUT2D eigenvalue weighted by Gasteiger charge is -2.27. The molecule has 0 bridgehead atoms. The molecule has 1 rings (SSSR count). The zero-order chi connectivity index (χ0) is 18.7. The van der Waals surface area contributed by atoms with Crippen LogP contribution in [0.25, 0.3) is 0 Å². The number of carbonyl (C=O) groups is 1. The van der Waals surface area contributed by atoms with E-state index in [-0.39, 0.29) is 6.09 Å². The molecule has 0 spiro atoms. The van der Waals surface area contributed by atoms with E-state index in [1.807, 2.05) is 46.8 Å². The Balaban J connectivity index is 2.52. The van der Waals surface area contributed by atoms with Gasteiger partial charge in [-0.2, -0.15) is 0 Å². The molecular weight excluding hydrogens is 320 g/mol. The maximum absolute atomic E-state index is 12.2. The fourth-order valence-electron chi connectivity index (χ4n) is 2.10. The molecule has 2 N–H and O–H groups in total. The van der Waals surface area contributed by atoms with Crippen molar-refractivity contribution < 1.29 is 13.9 Å². The van der Waals surface area contributed by atoms with Gasteiger partial charge in [0.05, 0.1) is 6.26 Å². The highest BCUT2D eigenvalue weighted by molar-refractivity contribution is 5.79. The van der Waals surface area contributed by atoms with Crippen LogP contribution >= 0.6 is 0 Å². The first-order chi connectivity index (χ1) is 11.9. The third-order valence-corrected chi connectivity index (χ3v) is 3.14. The summed E-state index contributed by atoms with van der Waals surface area (Å²) in [7, 11) is 0. The molecule has 0 fully saturated rings. The Morgan fingerprint density at radius 2 is 2.04 bits per heavy atom. The SMILES string of the molecule is CCCN(CCNC(=NCc1ccco1)NCC)C(=O)OC(C)(C)C. The summed E-state index contributed by atoms with van der Waals surface area (Å²) in [5.74, 6) is 1.50. The summed E-state index contributed by atoms with van der Waals surface area (Å²) in [4.78, 5) is 18.4. The summed E-state index contributed by atoms with van der Waals surface area (Å²) >= 11 is 0. The van der Waals surface area contributed by atoms with Crippen molar-refractivity contribution in [2.45, 2.75) is 53.2 Å². The number of guanidine groups is 1. The quantitative estimate of drug-likeness (QED) is 0.555. The second kappa shape index (κ2) is 10.6. The number of nitrogens with one attached hydrogen (secondary N) is 2. The molecular formula is C18H32N4O3. The molecule has 1 aromatic heterocycles. The van der Waals surface area contributed by atoms with Gasteiger partial charge < -0.3 is 24.7 Å². The van der Waals surface area contributed by atoms with Gasteiger partial charge in [0, 0.05) is 26.2 Å². The molecule has 0 atom stereocenters. The van der Waals surface area contributed by atoms with E-state index >= 15 is 0 Å². The second-order valence-corrected chi connectivity index (χ2v) is 6.67. The van der Waals surface area contributed by atoms with Crippen molar-refractivity contribution in [3.05, 3.63) is 24.2 Å². The predicted octanol–water partition coefficient (Wildman–Crippen LogP) is 2.98. The van der Waals surface area contributed by atoms with Crippen LogP contribution in [0, 0.1) is 0 Å². The molecule has 7 nitrogen and oxygen atoms in total. The topological polar surface area (TPSA) is 79.1 Å². The Hall–Kier alpha value is -2.18. The highest BCUT2D eigenvalue weighted by atomic mass is 16.6. The predicted molar refractivity (Wildman–Crippen MR) is 99.6 cm³/mol. The summed E-state index contributed by atoms with van der Waals surface area (Å²) in [6.07, 6.45) is 2.23. The normalized spacial score (nSPS) is 12.0. The van der Waals surface area contributed by atoms with Crippen molar-refractivity contribution in [3.63, 3.8) is 0 Å². The van der Waals surface area contributed by atoms with E-state index in [0.29, 0.717) is 32.1 Å². The molecule has 0 saturated carbocycles. The molecule has 0 aliphatic heterocycles. The summed E-state index contributed by atoms with van der Waals surface area (Å²) in [6, 6.07) is 3.73. The van der Waals surface area contributed by atoms with Gasteiger partial charge in [0.25, 0.3) is 0 Å². The summed E-state index contributed by atoms with van der Waals surface area (Å²) in [5, 5.41) is 6.42. The van der Waals surface area contributed by atoms with Crippen LogP contribution < -0.4 is 10.6 Å². The Morgan fingerprint density at radius 1 is 1.28 bits per heavy atom. The Kier molecular flexibility index (Phi) is 8.88. The van der Waals surface area contributed by atoms with Crippen molar-refractivity contribution >= 4 is 12.1 Å². The molecule has 25 heavy (non-hydrogen) atoms. The van der Waals surface area contributed by atoms with E-state index in [2.05, 4.69) is 15.6 Å². The van der Waals surface area contributed by atoms with E-state index in [0.717, 1.165) is 18.7 Å². The maximum atomic E-state index is 12.2. The number of nitrogens with zero attached hydrogens (tertiary/aromatic N) is 2. The van der Waals surface area contributed by atoms with Crippen molar-refractivity contribution in [3.8, 4) is 0 Å². The average Bonchev–Trinajstić information content (AvgIpc) is 3.03. The van der Waals surface area contributed by atoms with Crippen LogP contribution in [-0.2, 0) is 11.3 Å². The third-order valence-electron chi connectivity index (χ3n) is 3.14. The number of hydrogen-bond donors (Lipinski definition) is 2. The lowest BCUT2D eigenvalue weighted by molar-refractivity contribution is 0.0253. The summed E-state index contributed by atoms with van der Waals surface area (Å²) in [5.41, 5.74) is -0.490. The maximum Gasteiger partial charge on any atom is 0.410 e. The van der Waals surface area contributed by atoms with Crippen molar-refractivity contribution in [1.82, 2.24) is 15.5 Å². The van der Waals surface area contributed by atoms with Crippen LogP contribution in [0.2, 0.25) is 0 Å². The minimum Gasteiger partial charge on any atom is -0.467 e. The van der Waals surface area contributed by atoms with Gasteiger partial charge in [-0.25, -0.2) is 9.79 Å². The minimum absolute atomic E-state index is 0.284. The smallest absolute Gasteiger partial charge is 0.410 e. The number of carbonyl (C=O) groups excluding carboxylic acids is 1. The van der Waals surface area contributed by atoms with E-state index in [1.165, 1.54) is 0 Å². The largest absolute Gasteiger partial charge is 0.467 e. The van der Waals surface area contributed by atoms with Gasteiger partial charge in [-0.15, -0.1) is 0 Å². The van der Waals surface area contributed by atoms with Crippen molar-refractivity contribution in [2.24, 2.45) is 4.99 Å². The number of amides is 1. The van der Waals surface area contributed by atoms with Crippen LogP contribution in [0.3, 0.4) is 0 Å². The van der Waals surface area contributed by atoms with Gasteiger partial charge in [-0.3, -0.25) is 0 Å². The van der Waals surface area contributed by atoms with Crippen LogP contribution in [0.5, 0.6) is 0 Å². The minimum atomic E-state index is -0.490. The van der Waals surface area contributed by atoms with Gasteiger partial charge >= 0.3 is 6.09 Å². The van der Waals surface area contributed by atoms with Gasteiger partial charge in [0.15, 0.2) is 5.96 Å². The molecule has 0 aromatic carbocycles. The Labute approximate surface area is 150 Å². The Morgan fingerprint density at radius 3 is 2.60 bits per heavy atom. The molecule has 142 valence electrons. The molecule has 0 saturated heterocycles. The van der Waals surface area contributed by atoms with Crippen LogP contribution in [-0.4, -0.2) is 48.7 Å². The van der Waals surface area contributed by atoms with Crippen LogP contribution in [0.4, 0.5) is 4.79 Å². The van der Waals surface area contributed by atoms with Crippen LogP contribution in [0.15, 0.2) is 27.8 Å². The van der Waals surface area contributed by atoms with E-state index < -0.39 is 5.60 Å². The highest BCUT2D eigenvalue weighted by Gasteiger charge is 2.21. The number of rotatable bonds is 8. The zero-order valence-corrected chi connectivity index (χ0v) is 16.1. The molecule has 1 amide bonds. The lowest BCUT2D eigenvalue weighted by Crippen LogP contribution is -2.44. The van der Waals surface area contributed by atoms with Gasteiger partial charge in [0.2, 0.25) is 0 Å². The fraction of sp³-hybridized carbons (Fsp3) is 0.667. The number of furan rings is 1. The number of ether oxygens (including phenoxy) is 1. The molecule has 0 unspecified atom stereocenters. The van der Waals surface area contributed by atoms with E-state index in [4.69, 9.17) is 9.15 Å². The van der Waals surface area contributed by atoms with E-state index in [1.54, 1.807) is 11.2 Å². The first-order valence-electron chi connectivity index (χ1n) is 8.88. The standard InChI is InChI=1S/C18H32N4O3/c1-6-11-22(17(23)25-18(3,4)5)12-10-20-16(19-7-2)21-14-15-9-8-13-24-15/h8-9,13H,6-7,10-12,14H2,1-5H3,(H2,19,20,21). The van der Waals surface area contributed by atoms with Crippen molar-refractivity contribution in [1.29, 1.82) is 0 Å². The average molecular weight is 352 g/mol. The van der Waals surface area contributed by atoms with Gasteiger partial charge in [-0.05, 0) is 46.2 Å².